The van der Waals surface area contributed by atoms with E-state index in [0.29, 0.717) is 16.3 Å². The minimum Gasteiger partial charge on any atom is -0.481 e. The number of halogens is 1. The molecule has 3 aromatic rings. The number of carbonyl (C=O) groups is 2. The predicted octanol–water partition coefficient (Wildman–Crippen LogP) is 3.78. The lowest BCUT2D eigenvalue weighted by Gasteiger charge is -2.33. The largest absolute Gasteiger partial charge is 0.481 e. The monoisotopic (exact) mass is 483 g/mol. The minimum absolute atomic E-state index is 0.0325. The molecule has 0 spiro atoms. The van der Waals surface area contributed by atoms with Gasteiger partial charge >= 0.3 is 5.97 Å². The number of aliphatic hydroxyl groups excluding tert-OH is 2. The first-order valence-electron chi connectivity index (χ1n) is 10.9. The van der Waals surface area contributed by atoms with Gasteiger partial charge in [0.15, 0.2) is 0 Å². The molecule has 1 aliphatic heterocycles. The molecule has 1 aliphatic rings. The Morgan fingerprint density at radius 2 is 1.76 bits per heavy atom. The highest BCUT2D eigenvalue weighted by molar-refractivity contribution is 6.30. The molecule has 1 heterocycles. The van der Waals surface area contributed by atoms with E-state index in [0.717, 1.165) is 16.3 Å². The zero-order chi connectivity index (χ0) is 24.5. The number of aliphatic carboxylic acids is 1. The zero-order valence-corrected chi connectivity index (χ0v) is 19.4. The molecule has 8 heteroatoms. The molecule has 1 amide bonds. The fraction of sp³-hybridized carbons (Fsp3) is 0.308. The van der Waals surface area contributed by atoms with Crippen molar-refractivity contribution in [1.29, 1.82) is 0 Å². The third-order valence-electron chi connectivity index (χ3n) is 6.17. The molecular formula is C26H26ClNO6. The number of aliphatic hydroxyl groups is 2. The number of hydrogen-bond acceptors (Lipinski definition) is 5. The van der Waals surface area contributed by atoms with E-state index in [9.17, 15) is 24.9 Å². The Balaban J connectivity index is 1.94. The molecule has 0 aromatic heterocycles. The number of carboxylic acids is 1. The number of amides is 1. The van der Waals surface area contributed by atoms with Crippen molar-refractivity contribution in [2.75, 3.05) is 24.7 Å². The average molecular weight is 484 g/mol. The van der Waals surface area contributed by atoms with E-state index in [1.54, 1.807) is 25.1 Å². The Hall–Kier alpha value is -2.97. The number of hydrogen-bond donors (Lipinski definition) is 3. The standard InChI is InChI=1S/C26H26ClNO6/c1-26(14-29,15-30)13-28-21-10-9-17(27)11-20(21)24(34-22(25(28)33)12-23(31)32)19-8-4-6-16-5-2-3-7-18(16)19/h2-11,22,24,29-30H,12-15H2,1H3,(H,31,32)/t22-,24-/m0/s1. The highest BCUT2D eigenvalue weighted by atomic mass is 35.5. The van der Waals surface area contributed by atoms with E-state index < -0.39 is 35.9 Å². The predicted molar refractivity (Wildman–Crippen MR) is 129 cm³/mol. The van der Waals surface area contributed by atoms with E-state index in [2.05, 4.69) is 0 Å². The van der Waals surface area contributed by atoms with Crippen molar-refractivity contribution in [3.8, 4) is 0 Å². The van der Waals surface area contributed by atoms with Crippen molar-refractivity contribution in [1.82, 2.24) is 0 Å². The van der Waals surface area contributed by atoms with E-state index in [1.807, 2.05) is 42.5 Å². The molecule has 7 nitrogen and oxygen atoms in total. The van der Waals surface area contributed by atoms with E-state index in [1.165, 1.54) is 4.90 Å². The zero-order valence-electron chi connectivity index (χ0n) is 18.6. The van der Waals surface area contributed by atoms with Crippen molar-refractivity contribution in [2.45, 2.75) is 25.6 Å². The first-order valence-corrected chi connectivity index (χ1v) is 11.3. The fourth-order valence-electron chi connectivity index (χ4n) is 4.28. The third-order valence-corrected chi connectivity index (χ3v) is 6.41. The summed E-state index contributed by atoms with van der Waals surface area (Å²) in [6.45, 7) is 0.881. The lowest BCUT2D eigenvalue weighted by atomic mass is 9.90. The molecule has 3 N–H and O–H groups in total. The van der Waals surface area contributed by atoms with Gasteiger partial charge in [0.2, 0.25) is 0 Å². The normalized spacial score (nSPS) is 18.6. The molecule has 0 unspecified atom stereocenters. The molecule has 178 valence electrons. The molecule has 0 saturated heterocycles. The van der Waals surface area contributed by atoms with Gasteiger partial charge in [-0.05, 0) is 34.5 Å². The fourth-order valence-corrected chi connectivity index (χ4v) is 4.46. The van der Waals surface area contributed by atoms with E-state index >= 15 is 0 Å². The van der Waals surface area contributed by atoms with Gasteiger partial charge in [0.1, 0.15) is 12.2 Å². The van der Waals surface area contributed by atoms with Gasteiger partial charge in [-0.1, -0.05) is 61.0 Å². The highest BCUT2D eigenvalue weighted by Gasteiger charge is 2.40. The topological polar surface area (TPSA) is 107 Å². The molecule has 0 saturated carbocycles. The van der Waals surface area contributed by atoms with Crippen LogP contribution >= 0.6 is 11.6 Å². The summed E-state index contributed by atoms with van der Waals surface area (Å²) < 4.78 is 6.27. The molecule has 34 heavy (non-hydrogen) atoms. The third kappa shape index (κ3) is 4.65. The van der Waals surface area contributed by atoms with Crippen LogP contribution < -0.4 is 4.90 Å². The van der Waals surface area contributed by atoms with E-state index in [4.69, 9.17) is 16.3 Å². The van der Waals surface area contributed by atoms with Crippen LogP contribution in [0, 0.1) is 5.41 Å². The quantitative estimate of drug-likeness (QED) is 0.472. The lowest BCUT2D eigenvalue weighted by Crippen LogP contribution is -2.47. The van der Waals surface area contributed by atoms with Gasteiger partial charge in [-0.3, -0.25) is 9.59 Å². The van der Waals surface area contributed by atoms with Crippen LogP contribution in [0.15, 0.2) is 60.7 Å². The summed E-state index contributed by atoms with van der Waals surface area (Å²) in [5.74, 6) is -1.73. The van der Waals surface area contributed by atoms with Crippen molar-refractivity contribution >= 4 is 39.9 Å². The number of benzene rings is 3. The molecule has 0 aliphatic carbocycles. The Bertz CT molecular complexity index is 1220. The summed E-state index contributed by atoms with van der Waals surface area (Å²) in [5.41, 5.74) is 0.856. The van der Waals surface area contributed by atoms with Crippen LogP contribution in [0.1, 0.15) is 30.6 Å². The number of fused-ring (bicyclic) bond motifs is 2. The van der Waals surface area contributed by atoms with Crippen molar-refractivity contribution < 1.29 is 29.6 Å². The number of nitrogens with zero attached hydrogens (tertiary/aromatic N) is 1. The van der Waals surface area contributed by atoms with Gasteiger partial charge in [0.05, 0.1) is 19.6 Å². The van der Waals surface area contributed by atoms with Crippen LogP contribution in [0.3, 0.4) is 0 Å². The van der Waals surface area contributed by atoms with Crippen LogP contribution in [0.4, 0.5) is 5.69 Å². The SMILES string of the molecule is CC(CO)(CO)CN1C(=O)[C@H](CC(=O)O)O[C@@H](c2cccc3ccccc23)c2cc(Cl)ccc21. The molecule has 0 radical (unpaired) electrons. The summed E-state index contributed by atoms with van der Waals surface area (Å²) >= 11 is 6.36. The van der Waals surface area contributed by atoms with Crippen LogP contribution in [0.25, 0.3) is 10.8 Å². The lowest BCUT2D eigenvalue weighted by molar-refractivity contribution is -0.147. The number of anilines is 1. The summed E-state index contributed by atoms with van der Waals surface area (Å²) in [6.07, 6.45) is -2.59. The van der Waals surface area contributed by atoms with Gasteiger partial charge < -0.3 is 25.0 Å². The van der Waals surface area contributed by atoms with Crippen LogP contribution in [-0.4, -0.2) is 53.1 Å². The van der Waals surface area contributed by atoms with Gasteiger partial charge in [0.25, 0.3) is 5.91 Å². The van der Waals surface area contributed by atoms with Crippen LogP contribution in [0.5, 0.6) is 0 Å². The summed E-state index contributed by atoms with van der Waals surface area (Å²) in [7, 11) is 0. The molecule has 0 bridgehead atoms. The Morgan fingerprint density at radius 3 is 2.47 bits per heavy atom. The maximum atomic E-state index is 13.6. The number of carbonyl (C=O) groups excluding carboxylic acids is 1. The number of ether oxygens (including phenoxy) is 1. The summed E-state index contributed by atoms with van der Waals surface area (Å²) in [6, 6.07) is 18.5. The van der Waals surface area contributed by atoms with Gasteiger partial charge in [-0.2, -0.15) is 0 Å². The molecular weight excluding hydrogens is 458 g/mol. The Morgan fingerprint density at radius 1 is 1.06 bits per heavy atom. The molecule has 3 aromatic carbocycles. The van der Waals surface area contributed by atoms with Gasteiger partial charge in [-0.15, -0.1) is 0 Å². The molecule has 0 fully saturated rings. The summed E-state index contributed by atoms with van der Waals surface area (Å²) in [5, 5.41) is 31.6. The van der Waals surface area contributed by atoms with Crippen LogP contribution in [-0.2, 0) is 14.3 Å². The second kappa shape index (κ2) is 9.72. The summed E-state index contributed by atoms with van der Waals surface area (Å²) in [4.78, 5) is 26.7. The number of rotatable bonds is 7. The molecule has 4 rings (SSSR count). The van der Waals surface area contributed by atoms with Crippen molar-refractivity contribution in [3.63, 3.8) is 0 Å². The van der Waals surface area contributed by atoms with Crippen molar-refractivity contribution in [2.24, 2.45) is 5.41 Å². The molecule has 2 atom stereocenters. The first kappa shape index (κ1) is 24.2. The van der Waals surface area contributed by atoms with Gasteiger partial charge in [-0.25, -0.2) is 0 Å². The minimum atomic E-state index is -1.28. The second-order valence-electron chi connectivity index (χ2n) is 8.93. The van der Waals surface area contributed by atoms with E-state index in [-0.39, 0.29) is 19.8 Å². The first-order chi connectivity index (χ1) is 16.3. The van der Waals surface area contributed by atoms with Crippen molar-refractivity contribution in [3.05, 3.63) is 76.8 Å². The van der Waals surface area contributed by atoms with Crippen LogP contribution in [0.2, 0.25) is 5.02 Å². The maximum absolute atomic E-state index is 13.6. The Labute approximate surface area is 202 Å². The highest BCUT2D eigenvalue weighted by Crippen LogP contribution is 2.42. The average Bonchev–Trinajstić information content (AvgIpc) is 2.93. The second-order valence-corrected chi connectivity index (χ2v) is 9.36. The Kier molecular flexibility index (Phi) is 6.91. The smallest absolute Gasteiger partial charge is 0.306 e. The number of carboxylic acid groups (broad SMARTS) is 1. The maximum Gasteiger partial charge on any atom is 0.306 e. The van der Waals surface area contributed by atoms with Gasteiger partial charge in [0, 0.05) is 28.2 Å².